The van der Waals surface area contributed by atoms with Crippen molar-refractivity contribution in [1.82, 2.24) is 24.5 Å². The molecule has 2 aromatic heterocycles. The molecule has 7 nitrogen and oxygen atoms in total. The summed E-state index contributed by atoms with van der Waals surface area (Å²) in [6, 6.07) is 0. The molecule has 0 aliphatic carbocycles. The second-order valence-electron chi connectivity index (χ2n) is 4.00. The lowest BCUT2D eigenvalue weighted by Gasteiger charge is -2.04. The first-order chi connectivity index (χ1) is 8.54. The van der Waals surface area contributed by atoms with Crippen LogP contribution < -0.4 is 11.4 Å². The molecule has 2 aromatic rings. The van der Waals surface area contributed by atoms with Crippen LogP contribution in [0.25, 0.3) is 0 Å². The predicted molar refractivity (Wildman–Crippen MR) is 68.7 cm³/mol. The van der Waals surface area contributed by atoms with Crippen molar-refractivity contribution in [3.05, 3.63) is 21.7 Å². The lowest BCUT2D eigenvalue weighted by Crippen LogP contribution is -2.13. The van der Waals surface area contributed by atoms with E-state index in [4.69, 9.17) is 5.73 Å². The standard InChI is InChI=1S/C10H16N6OS/c1-6-7(4-5-11)8(16(3)14-6)18-10-13-12-9(17)15(10)2/h4-5,11H2,1-3H3,(H,12,17). The van der Waals surface area contributed by atoms with Crippen molar-refractivity contribution in [1.29, 1.82) is 0 Å². The van der Waals surface area contributed by atoms with Gasteiger partial charge in [-0.2, -0.15) is 5.10 Å². The van der Waals surface area contributed by atoms with Crippen molar-refractivity contribution in [2.24, 2.45) is 19.8 Å². The summed E-state index contributed by atoms with van der Waals surface area (Å²) < 4.78 is 3.27. The van der Waals surface area contributed by atoms with Crippen LogP contribution in [0.3, 0.4) is 0 Å². The maximum Gasteiger partial charge on any atom is 0.343 e. The summed E-state index contributed by atoms with van der Waals surface area (Å²) >= 11 is 1.41. The fourth-order valence-electron chi connectivity index (χ4n) is 1.75. The molecule has 0 bridgehead atoms. The van der Waals surface area contributed by atoms with Crippen LogP contribution >= 0.6 is 11.8 Å². The Hall–Kier alpha value is -1.54. The highest BCUT2D eigenvalue weighted by Crippen LogP contribution is 2.29. The number of aromatic amines is 1. The minimum atomic E-state index is -0.225. The van der Waals surface area contributed by atoms with Gasteiger partial charge in [-0.1, -0.05) is 0 Å². The Morgan fingerprint density at radius 2 is 2.17 bits per heavy atom. The fraction of sp³-hybridized carbons (Fsp3) is 0.500. The van der Waals surface area contributed by atoms with Crippen LogP contribution in [0.15, 0.2) is 15.0 Å². The molecule has 0 saturated heterocycles. The summed E-state index contributed by atoms with van der Waals surface area (Å²) in [4.78, 5) is 11.3. The van der Waals surface area contributed by atoms with Gasteiger partial charge in [0.15, 0.2) is 5.16 Å². The zero-order chi connectivity index (χ0) is 13.3. The second-order valence-corrected chi connectivity index (χ2v) is 4.96. The summed E-state index contributed by atoms with van der Waals surface area (Å²) in [5, 5.41) is 12.4. The Kier molecular flexibility index (Phi) is 3.58. The molecule has 0 amide bonds. The zero-order valence-corrected chi connectivity index (χ0v) is 11.4. The zero-order valence-electron chi connectivity index (χ0n) is 10.6. The molecule has 0 fully saturated rings. The van der Waals surface area contributed by atoms with E-state index in [9.17, 15) is 4.79 Å². The molecule has 0 aromatic carbocycles. The van der Waals surface area contributed by atoms with Gasteiger partial charge >= 0.3 is 5.69 Å². The number of H-pyrrole nitrogens is 1. The number of nitrogens with one attached hydrogen (secondary N) is 1. The highest BCUT2D eigenvalue weighted by Gasteiger charge is 2.16. The largest absolute Gasteiger partial charge is 0.343 e. The quantitative estimate of drug-likeness (QED) is 0.801. The number of rotatable bonds is 4. The molecular formula is C10H16N6OS. The first kappa shape index (κ1) is 12.9. The van der Waals surface area contributed by atoms with E-state index in [2.05, 4.69) is 15.3 Å². The maximum absolute atomic E-state index is 11.3. The summed E-state index contributed by atoms with van der Waals surface area (Å²) in [5.41, 5.74) is 7.46. The van der Waals surface area contributed by atoms with Gasteiger partial charge in [0.25, 0.3) is 0 Å². The number of aryl methyl sites for hydroxylation is 2. The van der Waals surface area contributed by atoms with Gasteiger partial charge in [-0.05, 0) is 31.7 Å². The summed E-state index contributed by atoms with van der Waals surface area (Å²) in [5.74, 6) is 0. The minimum Gasteiger partial charge on any atom is -0.330 e. The molecule has 0 saturated carbocycles. The van der Waals surface area contributed by atoms with Crippen LogP contribution in [-0.4, -0.2) is 31.1 Å². The van der Waals surface area contributed by atoms with E-state index in [1.54, 1.807) is 11.7 Å². The number of hydrogen-bond acceptors (Lipinski definition) is 5. The molecular weight excluding hydrogens is 252 g/mol. The van der Waals surface area contributed by atoms with Crippen molar-refractivity contribution >= 4 is 11.8 Å². The smallest absolute Gasteiger partial charge is 0.330 e. The molecule has 0 aliphatic heterocycles. The van der Waals surface area contributed by atoms with Crippen LogP contribution in [0, 0.1) is 6.92 Å². The SMILES string of the molecule is Cc1nn(C)c(Sc2n[nH]c(=O)n2C)c1CCN. The van der Waals surface area contributed by atoms with E-state index in [1.165, 1.54) is 16.3 Å². The Balaban J connectivity index is 2.39. The van der Waals surface area contributed by atoms with Gasteiger partial charge in [-0.15, -0.1) is 5.10 Å². The molecule has 8 heteroatoms. The Morgan fingerprint density at radius 3 is 2.72 bits per heavy atom. The molecule has 0 unspecified atom stereocenters. The summed E-state index contributed by atoms with van der Waals surface area (Å²) in [6.07, 6.45) is 0.764. The number of nitrogens with two attached hydrogens (primary N) is 1. The molecule has 0 aliphatic rings. The molecule has 18 heavy (non-hydrogen) atoms. The van der Waals surface area contributed by atoms with Crippen LogP contribution in [0.4, 0.5) is 0 Å². The van der Waals surface area contributed by atoms with Crippen molar-refractivity contribution in [3.8, 4) is 0 Å². The average Bonchev–Trinajstić information content (AvgIpc) is 2.77. The van der Waals surface area contributed by atoms with Crippen LogP contribution in [-0.2, 0) is 20.5 Å². The van der Waals surface area contributed by atoms with Crippen LogP contribution in [0.1, 0.15) is 11.3 Å². The predicted octanol–water partition coefficient (Wildman–Crippen LogP) is -0.197. The highest BCUT2D eigenvalue weighted by molar-refractivity contribution is 7.99. The van der Waals surface area contributed by atoms with Gasteiger partial charge in [-0.3, -0.25) is 9.25 Å². The fourth-order valence-corrected chi connectivity index (χ4v) is 2.78. The van der Waals surface area contributed by atoms with Gasteiger partial charge in [0.05, 0.1) is 5.69 Å². The molecule has 0 atom stereocenters. The maximum atomic E-state index is 11.3. The van der Waals surface area contributed by atoms with Crippen molar-refractivity contribution in [2.45, 2.75) is 23.5 Å². The van der Waals surface area contributed by atoms with Gasteiger partial charge < -0.3 is 5.73 Å². The van der Waals surface area contributed by atoms with Crippen LogP contribution in [0.5, 0.6) is 0 Å². The number of hydrogen-bond donors (Lipinski definition) is 2. The Morgan fingerprint density at radius 1 is 1.44 bits per heavy atom. The van der Waals surface area contributed by atoms with E-state index >= 15 is 0 Å². The second kappa shape index (κ2) is 4.99. The molecule has 0 radical (unpaired) electrons. The van der Waals surface area contributed by atoms with E-state index in [0.29, 0.717) is 11.7 Å². The van der Waals surface area contributed by atoms with Crippen molar-refractivity contribution < 1.29 is 0 Å². The topological polar surface area (TPSA) is 94.5 Å². The van der Waals surface area contributed by atoms with Gasteiger partial charge in [0.1, 0.15) is 5.03 Å². The lowest BCUT2D eigenvalue weighted by atomic mass is 10.2. The van der Waals surface area contributed by atoms with Crippen molar-refractivity contribution in [3.63, 3.8) is 0 Å². The highest BCUT2D eigenvalue weighted by atomic mass is 32.2. The number of nitrogens with zero attached hydrogens (tertiary/aromatic N) is 4. The third-order valence-electron chi connectivity index (χ3n) is 2.71. The van der Waals surface area contributed by atoms with E-state index < -0.39 is 0 Å². The van der Waals surface area contributed by atoms with Gasteiger partial charge in [0, 0.05) is 19.7 Å². The molecule has 0 spiro atoms. The van der Waals surface area contributed by atoms with Crippen LogP contribution in [0.2, 0.25) is 0 Å². The Bertz CT molecular complexity index is 610. The summed E-state index contributed by atoms with van der Waals surface area (Å²) in [6.45, 7) is 2.53. The molecule has 3 N–H and O–H groups in total. The van der Waals surface area contributed by atoms with Crippen molar-refractivity contribution in [2.75, 3.05) is 6.54 Å². The third-order valence-corrected chi connectivity index (χ3v) is 3.96. The van der Waals surface area contributed by atoms with E-state index in [0.717, 1.165) is 22.7 Å². The van der Waals surface area contributed by atoms with E-state index in [-0.39, 0.29) is 5.69 Å². The minimum absolute atomic E-state index is 0.225. The molecule has 98 valence electrons. The molecule has 2 heterocycles. The average molecular weight is 268 g/mol. The van der Waals surface area contributed by atoms with E-state index in [1.807, 2.05) is 14.0 Å². The van der Waals surface area contributed by atoms with Gasteiger partial charge in [0.2, 0.25) is 0 Å². The first-order valence-electron chi connectivity index (χ1n) is 5.56. The lowest BCUT2D eigenvalue weighted by molar-refractivity contribution is 0.683. The van der Waals surface area contributed by atoms with Gasteiger partial charge in [-0.25, -0.2) is 9.89 Å². The normalized spacial score (nSPS) is 11.1. The summed E-state index contributed by atoms with van der Waals surface area (Å²) in [7, 11) is 3.56. The monoisotopic (exact) mass is 268 g/mol. The Labute approximate surface area is 108 Å². The molecule has 2 rings (SSSR count). The first-order valence-corrected chi connectivity index (χ1v) is 6.38. The third kappa shape index (κ3) is 2.21. The number of aromatic nitrogens is 5.